The van der Waals surface area contributed by atoms with Crippen molar-refractivity contribution in [3.05, 3.63) is 54.1 Å². The number of rotatable bonds is 3. The minimum atomic E-state index is -4.83. The van der Waals surface area contributed by atoms with Crippen LogP contribution in [0.1, 0.15) is 5.56 Å². The highest BCUT2D eigenvalue weighted by molar-refractivity contribution is 5.96. The molecule has 1 aliphatic rings. The Balaban J connectivity index is 1.72. The van der Waals surface area contributed by atoms with E-state index in [1.807, 2.05) is 12.1 Å². The summed E-state index contributed by atoms with van der Waals surface area (Å²) in [5.41, 5.74) is 0.821. The molecule has 23 heavy (non-hydrogen) atoms. The third-order valence-corrected chi connectivity index (χ3v) is 3.31. The number of hydrogen-bond acceptors (Lipinski definition) is 3. The monoisotopic (exact) mass is 323 g/mol. The molecule has 2 aromatic carbocycles. The largest absolute Gasteiger partial charge is 0.573 e. The molecule has 0 unspecified atom stereocenters. The van der Waals surface area contributed by atoms with Gasteiger partial charge in [0.2, 0.25) is 0 Å². The Morgan fingerprint density at radius 2 is 1.83 bits per heavy atom. The van der Waals surface area contributed by atoms with Crippen LogP contribution in [0.2, 0.25) is 0 Å². The van der Waals surface area contributed by atoms with Crippen LogP contribution in [-0.2, 0) is 11.2 Å². The van der Waals surface area contributed by atoms with Crippen LogP contribution in [0.5, 0.6) is 11.5 Å². The molecule has 1 atom stereocenters. The zero-order valence-electron chi connectivity index (χ0n) is 11.8. The molecule has 0 fully saturated rings. The van der Waals surface area contributed by atoms with Crippen LogP contribution < -0.4 is 14.8 Å². The number of halogens is 3. The maximum atomic E-state index is 12.4. The Kier molecular flexibility index (Phi) is 3.85. The molecule has 3 rings (SSSR count). The number of benzene rings is 2. The molecule has 0 bridgehead atoms. The van der Waals surface area contributed by atoms with Gasteiger partial charge >= 0.3 is 6.36 Å². The van der Waals surface area contributed by atoms with E-state index in [-0.39, 0.29) is 5.69 Å². The van der Waals surface area contributed by atoms with Gasteiger partial charge in [-0.2, -0.15) is 0 Å². The molecular formula is C16H12F3NO3. The second-order valence-electron chi connectivity index (χ2n) is 4.95. The number of nitrogens with one attached hydrogen (secondary N) is 1. The molecule has 0 spiro atoms. The fraction of sp³-hybridized carbons (Fsp3) is 0.188. The van der Waals surface area contributed by atoms with Crippen molar-refractivity contribution in [3.63, 3.8) is 0 Å². The fourth-order valence-electron chi connectivity index (χ4n) is 2.33. The number of fused-ring (bicyclic) bond motifs is 1. The third-order valence-electron chi connectivity index (χ3n) is 3.31. The lowest BCUT2D eigenvalue weighted by Crippen LogP contribution is -2.31. The summed E-state index contributed by atoms with van der Waals surface area (Å²) in [6, 6.07) is 12.5. The Morgan fingerprint density at radius 3 is 2.57 bits per heavy atom. The molecule has 1 aliphatic heterocycles. The minimum absolute atomic E-state index is 0.0608. The van der Waals surface area contributed by atoms with Crippen molar-refractivity contribution in [1.29, 1.82) is 0 Å². The maximum Gasteiger partial charge on any atom is 0.573 e. The molecule has 1 heterocycles. The quantitative estimate of drug-likeness (QED) is 0.940. The molecule has 4 nitrogen and oxygen atoms in total. The first kappa shape index (κ1) is 15.2. The molecule has 0 saturated heterocycles. The van der Waals surface area contributed by atoms with E-state index < -0.39 is 24.1 Å². The van der Waals surface area contributed by atoms with Gasteiger partial charge in [-0.25, -0.2) is 0 Å². The van der Waals surface area contributed by atoms with E-state index in [0.717, 1.165) is 11.6 Å². The Labute approximate surface area is 129 Å². The molecule has 0 radical (unpaired) electrons. The standard InChI is InChI=1S/C16H12F3NO3/c17-16(18,19)23-13-8-4-2-6-11(13)20-15(21)14-9-10-5-1-3-7-12(10)22-14/h1-8,14H,9H2,(H,20,21)/t14-/m1/s1. The highest BCUT2D eigenvalue weighted by Gasteiger charge is 2.33. The van der Waals surface area contributed by atoms with Gasteiger partial charge in [0.05, 0.1) is 5.69 Å². The van der Waals surface area contributed by atoms with E-state index in [2.05, 4.69) is 10.1 Å². The number of carbonyl (C=O) groups excluding carboxylic acids is 1. The van der Waals surface area contributed by atoms with Crippen LogP contribution >= 0.6 is 0 Å². The van der Waals surface area contributed by atoms with Gasteiger partial charge in [-0.15, -0.1) is 13.2 Å². The molecule has 1 N–H and O–H groups in total. The smallest absolute Gasteiger partial charge is 0.480 e. The van der Waals surface area contributed by atoms with Crippen molar-refractivity contribution in [2.75, 3.05) is 5.32 Å². The van der Waals surface area contributed by atoms with Crippen LogP contribution in [0.15, 0.2) is 48.5 Å². The number of alkyl halides is 3. The van der Waals surface area contributed by atoms with Gasteiger partial charge in [-0.1, -0.05) is 30.3 Å². The van der Waals surface area contributed by atoms with Crippen molar-refractivity contribution < 1.29 is 27.4 Å². The van der Waals surface area contributed by atoms with E-state index >= 15 is 0 Å². The molecule has 0 saturated carbocycles. The second-order valence-corrected chi connectivity index (χ2v) is 4.95. The van der Waals surface area contributed by atoms with E-state index in [0.29, 0.717) is 12.2 Å². The predicted octanol–water partition coefficient (Wildman–Crippen LogP) is 3.53. The predicted molar refractivity (Wildman–Crippen MR) is 76.3 cm³/mol. The van der Waals surface area contributed by atoms with Crippen LogP contribution in [0.4, 0.5) is 18.9 Å². The lowest BCUT2D eigenvalue weighted by atomic mass is 10.1. The fourth-order valence-corrected chi connectivity index (χ4v) is 2.33. The van der Waals surface area contributed by atoms with Crippen molar-refractivity contribution in [2.45, 2.75) is 18.9 Å². The summed E-state index contributed by atoms with van der Waals surface area (Å²) < 4.78 is 46.5. The van der Waals surface area contributed by atoms with Gasteiger partial charge in [0.1, 0.15) is 5.75 Å². The first-order valence-corrected chi connectivity index (χ1v) is 6.82. The Morgan fingerprint density at radius 1 is 1.13 bits per heavy atom. The van der Waals surface area contributed by atoms with E-state index in [4.69, 9.17) is 4.74 Å². The van der Waals surface area contributed by atoms with Crippen molar-refractivity contribution in [3.8, 4) is 11.5 Å². The lowest BCUT2D eigenvalue weighted by Gasteiger charge is -2.15. The van der Waals surface area contributed by atoms with Crippen LogP contribution in [0.25, 0.3) is 0 Å². The van der Waals surface area contributed by atoms with Gasteiger partial charge in [-0.3, -0.25) is 4.79 Å². The van der Waals surface area contributed by atoms with Gasteiger partial charge in [0, 0.05) is 6.42 Å². The molecule has 120 valence electrons. The number of ether oxygens (including phenoxy) is 2. The first-order chi connectivity index (χ1) is 10.9. The van der Waals surface area contributed by atoms with E-state index in [9.17, 15) is 18.0 Å². The SMILES string of the molecule is O=C(Nc1ccccc1OC(F)(F)F)[C@H]1Cc2ccccc2O1. The zero-order valence-corrected chi connectivity index (χ0v) is 11.8. The Hall–Kier alpha value is -2.70. The molecule has 0 aromatic heterocycles. The van der Waals surface area contributed by atoms with Crippen LogP contribution in [-0.4, -0.2) is 18.4 Å². The zero-order chi connectivity index (χ0) is 16.4. The summed E-state index contributed by atoms with van der Waals surface area (Å²) in [5, 5.41) is 2.42. The summed E-state index contributed by atoms with van der Waals surface area (Å²) in [6.45, 7) is 0. The third kappa shape index (κ3) is 3.56. The normalized spacial score (nSPS) is 16.4. The Bertz CT molecular complexity index is 706. The van der Waals surface area contributed by atoms with E-state index in [1.165, 1.54) is 18.2 Å². The van der Waals surface area contributed by atoms with Crippen LogP contribution in [0, 0.1) is 0 Å². The minimum Gasteiger partial charge on any atom is -0.480 e. The first-order valence-electron chi connectivity index (χ1n) is 6.82. The summed E-state index contributed by atoms with van der Waals surface area (Å²) in [7, 11) is 0. The molecule has 0 aliphatic carbocycles. The van der Waals surface area contributed by atoms with Gasteiger partial charge in [0.15, 0.2) is 11.9 Å². The van der Waals surface area contributed by atoms with Crippen molar-refractivity contribution in [2.24, 2.45) is 0 Å². The average molecular weight is 323 g/mol. The van der Waals surface area contributed by atoms with Crippen molar-refractivity contribution >= 4 is 11.6 Å². The number of hydrogen-bond donors (Lipinski definition) is 1. The summed E-state index contributed by atoms with van der Waals surface area (Å²) in [6.07, 6.45) is -5.25. The number of anilines is 1. The molecular weight excluding hydrogens is 311 g/mol. The molecule has 7 heteroatoms. The lowest BCUT2D eigenvalue weighted by molar-refractivity contribution is -0.274. The molecule has 2 aromatic rings. The summed E-state index contributed by atoms with van der Waals surface area (Å²) in [5.74, 6) is -0.393. The highest BCUT2D eigenvalue weighted by atomic mass is 19.4. The maximum absolute atomic E-state index is 12.4. The summed E-state index contributed by atoms with van der Waals surface area (Å²) in [4.78, 5) is 12.2. The number of amides is 1. The van der Waals surface area contributed by atoms with Gasteiger partial charge in [-0.05, 0) is 23.8 Å². The summed E-state index contributed by atoms with van der Waals surface area (Å²) >= 11 is 0. The number of carbonyl (C=O) groups is 1. The van der Waals surface area contributed by atoms with Gasteiger partial charge < -0.3 is 14.8 Å². The van der Waals surface area contributed by atoms with Crippen LogP contribution in [0.3, 0.4) is 0 Å². The highest BCUT2D eigenvalue weighted by Crippen LogP contribution is 2.32. The average Bonchev–Trinajstić information content (AvgIpc) is 2.92. The second kappa shape index (κ2) is 5.83. The number of para-hydroxylation sites is 3. The van der Waals surface area contributed by atoms with E-state index in [1.54, 1.807) is 12.1 Å². The van der Waals surface area contributed by atoms with Gasteiger partial charge in [0.25, 0.3) is 5.91 Å². The van der Waals surface area contributed by atoms with Crippen molar-refractivity contribution in [1.82, 2.24) is 0 Å². The molecule has 1 amide bonds. The topological polar surface area (TPSA) is 47.6 Å².